The molecular formula is C29H32F2N6O3. The molecule has 0 bridgehead atoms. The van der Waals surface area contributed by atoms with Crippen molar-refractivity contribution in [1.29, 1.82) is 0 Å². The third-order valence-corrected chi connectivity index (χ3v) is 7.44. The van der Waals surface area contributed by atoms with Gasteiger partial charge in [-0.1, -0.05) is 6.92 Å². The number of carbonyl (C=O) groups is 1. The molecule has 40 heavy (non-hydrogen) atoms. The minimum absolute atomic E-state index is 0.0779. The highest BCUT2D eigenvalue weighted by molar-refractivity contribution is 6.11. The van der Waals surface area contributed by atoms with Crippen LogP contribution in [0.3, 0.4) is 0 Å². The maximum Gasteiger partial charge on any atom is 0.215 e. The van der Waals surface area contributed by atoms with Crippen molar-refractivity contribution in [3.8, 4) is 11.5 Å². The molecule has 5 rings (SSSR count). The zero-order valence-corrected chi connectivity index (χ0v) is 22.9. The normalized spacial score (nSPS) is 14.0. The van der Waals surface area contributed by atoms with E-state index in [1.54, 1.807) is 29.9 Å². The van der Waals surface area contributed by atoms with Gasteiger partial charge in [-0.2, -0.15) is 0 Å². The minimum atomic E-state index is -1.09. The van der Waals surface area contributed by atoms with Gasteiger partial charge >= 0.3 is 0 Å². The summed E-state index contributed by atoms with van der Waals surface area (Å²) in [7, 11) is 4.10. The van der Waals surface area contributed by atoms with E-state index in [4.69, 9.17) is 15.2 Å². The molecule has 11 heteroatoms. The van der Waals surface area contributed by atoms with E-state index in [1.165, 1.54) is 14.2 Å². The SMILES string of the molecule is CCN1CCN(c2ccc(Nc3cc4cc(C(=O)c5c(F)c(OC)cc(OC)c5F)n(C)c4cn3)c(N)c2)CC1. The number of aromatic nitrogens is 2. The highest BCUT2D eigenvalue weighted by Crippen LogP contribution is 2.34. The molecule has 9 nitrogen and oxygen atoms in total. The van der Waals surface area contributed by atoms with E-state index >= 15 is 8.78 Å². The lowest BCUT2D eigenvalue weighted by Crippen LogP contribution is -2.46. The van der Waals surface area contributed by atoms with Gasteiger partial charge in [-0.3, -0.25) is 4.79 Å². The first-order valence-electron chi connectivity index (χ1n) is 13.0. The number of hydrogen-bond acceptors (Lipinski definition) is 8. The number of aryl methyl sites for hydroxylation is 1. The van der Waals surface area contributed by atoms with Crippen LogP contribution >= 0.6 is 0 Å². The molecule has 2 aromatic heterocycles. The van der Waals surface area contributed by atoms with Gasteiger partial charge in [0.25, 0.3) is 0 Å². The molecule has 1 aliphatic rings. The number of methoxy groups -OCH3 is 2. The number of ketones is 1. The lowest BCUT2D eigenvalue weighted by Gasteiger charge is -2.35. The summed E-state index contributed by atoms with van der Waals surface area (Å²) in [5.74, 6) is -3.11. The summed E-state index contributed by atoms with van der Waals surface area (Å²) in [4.78, 5) is 22.6. The fourth-order valence-corrected chi connectivity index (χ4v) is 5.05. The maximum absolute atomic E-state index is 15.0. The summed E-state index contributed by atoms with van der Waals surface area (Å²) in [6.07, 6.45) is 1.59. The van der Waals surface area contributed by atoms with Gasteiger partial charge in [0.1, 0.15) is 11.4 Å². The van der Waals surface area contributed by atoms with E-state index in [9.17, 15) is 4.79 Å². The summed E-state index contributed by atoms with van der Waals surface area (Å²) in [6, 6.07) is 10.3. The summed E-state index contributed by atoms with van der Waals surface area (Å²) in [5, 5.41) is 3.89. The van der Waals surface area contributed by atoms with Crippen LogP contribution in [-0.4, -0.2) is 67.2 Å². The van der Waals surface area contributed by atoms with Crippen LogP contribution in [0.1, 0.15) is 23.0 Å². The molecule has 4 aromatic rings. The Balaban J connectivity index is 1.41. The Labute approximate surface area is 231 Å². The van der Waals surface area contributed by atoms with E-state index < -0.39 is 23.0 Å². The van der Waals surface area contributed by atoms with Crippen LogP contribution in [0.5, 0.6) is 11.5 Å². The van der Waals surface area contributed by atoms with Gasteiger partial charge in [-0.25, -0.2) is 13.8 Å². The van der Waals surface area contributed by atoms with Crippen LogP contribution in [0.4, 0.5) is 31.7 Å². The molecule has 1 aliphatic heterocycles. The monoisotopic (exact) mass is 550 g/mol. The van der Waals surface area contributed by atoms with Gasteiger partial charge < -0.3 is 34.9 Å². The molecule has 0 aliphatic carbocycles. The van der Waals surface area contributed by atoms with Crippen LogP contribution < -0.4 is 25.4 Å². The molecule has 0 unspecified atom stereocenters. The number of piperazine rings is 1. The zero-order valence-electron chi connectivity index (χ0n) is 22.9. The average Bonchev–Trinajstić information content (AvgIpc) is 3.29. The second-order valence-electron chi connectivity index (χ2n) is 9.65. The molecule has 0 spiro atoms. The minimum Gasteiger partial charge on any atom is -0.494 e. The van der Waals surface area contributed by atoms with Crippen molar-refractivity contribution in [2.24, 2.45) is 7.05 Å². The van der Waals surface area contributed by atoms with Crippen LogP contribution in [0.2, 0.25) is 0 Å². The standard InChI is InChI=1S/C29H32F2N6O3/c1-5-36-8-10-37(11-9-36)18-6-7-20(19(32)14-18)34-25-13-17-12-21(35(2)22(17)16-33-25)29(38)26-27(30)23(39-3)15-24(40-4)28(26)31/h6-7,12-16H,5,8-11,32H2,1-4H3,(H,33,34). The van der Waals surface area contributed by atoms with Gasteiger partial charge in [0.15, 0.2) is 23.1 Å². The summed E-state index contributed by atoms with van der Waals surface area (Å²) >= 11 is 0. The van der Waals surface area contributed by atoms with Gasteiger partial charge in [-0.05, 0) is 36.9 Å². The van der Waals surface area contributed by atoms with E-state index in [-0.39, 0.29) is 17.2 Å². The van der Waals surface area contributed by atoms with E-state index in [2.05, 4.69) is 27.0 Å². The molecular weight excluding hydrogens is 518 g/mol. The van der Waals surface area contributed by atoms with Crippen LogP contribution in [0.25, 0.3) is 10.9 Å². The number of ether oxygens (including phenoxy) is 2. The topological polar surface area (TPSA) is 97.9 Å². The third-order valence-electron chi connectivity index (χ3n) is 7.44. The molecule has 1 fully saturated rings. The maximum atomic E-state index is 15.0. The Bertz CT molecular complexity index is 1550. The number of halogens is 2. The molecule has 3 heterocycles. The Kier molecular flexibility index (Phi) is 7.49. The smallest absolute Gasteiger partial charge is 0.215 e. The number of fused-ring (bicyclic) bond motifs is 1. The number of nitrogen functional groups attached to an aromatic ring is 1. The van der Waals surface area contributed by atoms with Crippen molar-refractivity contribution >= 4 is 39.6 Å². The van der Waals surface area contributed by atoms with Crippen molar-refractivity contribution < 1.29 is 23.0 Å². The fourth-order valence-electron chi connectivity index (χ4n) is 5.05. The Hall–Kier alpha value is -4.38. The van der Waals surface area contributed by atoms with E-state index in [1.807, 2.05) is 18.2 Å². The molecule has 0 radical (unpaired) electrons. The van der Waals surface area contributed by atoms with E-state index in [0.29, 0.717) is 28.1 Å². The largest absolute Gasteiger partial charge is 0.494 e. The summed E-state index contributed by atoms with van der Waals surface area (Å²) in [5.41, 5.74) is 8.67. The number of hydrogen-bond donors (Lipinski definition) is 2. The molecule has 3 N–H and O–H groups in total. The van der Waals surface area contributed by atoms with Crippen LogP contribution in [0.15, 0.2) is 42.6 Å². The van der Waals surface area contributed by atoms with Crippen molar-refractivity contribution in [2.75, 3.05) is 62.9 Å². The number of benzene rings is 2. The van der Waals surface area contributed by atoms with E-state index in [0.717, 1.165) is 44.5 Å². The first-order valence-corrected chi connectivity index (χ1v) is 13.0. The Morgan fingerprint density at radius 2 is 1.70 bits per heavy atom. The molecule has 1 saturated heterocycles. The van der Waals surface area contributed by atoms with Crippen molar-refractivity contribution in [1.82, 2.24) is 14.5 Å². The zero-order chi connectivity index (χ0) is 28.6. The fraction of sp³-hybridized carbons (Fsp3) is 0.310. The lowest BCUT2D eigenvalue weighted by molar-refractivity contribution is 0.102. The predicted molar refractivity (Wildman–Crippen MR) is 152 cm³/mol. The van der Waals surface area contributed by atoms with Gasteiger partial charge in [-0.15, -0.1) is 0 Å². The molecule has 0 atom stereocenters. The number of carbonyl (C=O) groups excluding carboxylic acids is 1. The van der Waals surface area contributed by atoms with Gasteiger partial charge in [0.2, 0.25) is 5.78 Å². The number of nitrogens with one attached hydrogen (secondary N) is 1. The van der Waals surface area contributed by atoms with Crippen LogP contribution in [-0.2, 0) is 7.05 Å². The molecule has 0 amide bonds. The van der Waals surface area contributed by atoms with Crippen molar-refractivity contribution in [3.63, 3.8) is 0 Å². The quantitative estimate of drug-likeness (QED) is 0.243. The third kappa shape index (κ3) is 4.88. The second-order valence-corrected chi connectivity index (χ2v) is 9.65. The number of pyridine rings is 1. The number of nitrogens with zero attached hydrogens (tertiary/aromatic N) is 4. The highest BCUT2D eigenvalue weighted by atomic mass is 19.1. The number of anilines is 4. The summed E-state index contributed by atoms with van der Waals surface area (Å²) in [6.45, 7) is 7.16. The Morgan fingerprint density at radius 1 is 1.02 bits per heavy atom. The van der Waals surface area contributed by atoms with Crippen molar-refractivity contribution in [2.45, 2.75) is 6.92 Å². The first-order chi connectivity index (χ1) is 19.2. The average molecular weight is 551 g/mol. The van der Waals surface area contributed by atoms with Crippen molar-refractivity contribution in [3.05, 3.63) is 65.5 Å². The number of rotatable bonds is 8. The predicted octanol–water partition coefficient (Wildman–Crippen LogP) is 4.57. The Morgan fingerprint density at radius 3 is 2.30 bits per heavy atom. The number of likely N-dealkylation sites (N-methyl/N-ethyl adjacent to an activating group) is 1. The van der Waals surface area contributed by atoms with Gasteiger partial charge in [0, 0.05) is 50.4 Å². The van der Waals surface area contributed by atoms with Crippen LogP contribution in [0, 0.1) is 11.6 Å². The second kappa shape index (κ2) is 11.0. The molecule has 0 saturated carbocycles. The van der Waals surface area contributed by atoms with Gasteiger partial charge in [0.05, 0.1) is 43.0 Å². The lowest BCUT2D eigenvalue weighted by atomic mass is 10.1. The number of nitrogens with two attached hydrogens (primary N) is 1. The first kappa shape index (κ1) is 27.2. The highest BCUT2D eigenvalue weighted by Gasteiger charge is 2.28. The molecule has 210 valence electrons. The molecule has 2 aromatic carbocycles. The summed E-state index contributed by atoms with van der Waals surface area (Å²) < 4.78 is 41.5.